The van der Waals surface area contributed by atoms with E-state index >= 15 is 0 Å². The van der Waals surface area contributed by atoms with Crippen LogP contribution in [0.4, 0.5) is 0 Å². The lowest BCUT2D eigenvalue weighted by Gasteiger charge is -2.36. The maximum absolute atomic E-state index is 11.9. The summed E-state index contributed by atoms with van der Waals surface area (Å²) in [6.07, 6.45) is 0. The molecule has 2 aromatic rings. The van der Waals surface area contributed by atoms with E-state index < -0.39 is 0 Å². The summed E-state index contributed by atoms with van der Waals surface area (Å²) in [5.74, 6) is -0.269. The highest BCUT2D eigenvalue weighted by Crippen LogP contribution is 2.26. The number of hydrogen-bond donors (Lipinski definition) is 0. The van der Waals surface area contributed by atoms with Crippen molar-refractivity contribution in [2.75, 3.05) is 39.8 Å². The summed E-state index contributed by atoms with van der Waals surface area (Å²) in [6, 6.07) is 16.7. The van der Waals surface area contributed by atoms with Crippen molar-refractivity contribution in [1.29, 1.82) is 0 Å². The lowest BCUT2D eigenvalue weighted by molar-refractivity contribution is 0.0526. The van der Waals surface area contributed by atoms with E-state index in [4.69, 9.17) is 4.74 Å². The molecule has 1 atom stereocenters. The van der Waals surface area contributed by atoms with E-state index in [1.165, 1.54) is 5.56 Å². The Morgan fingerprint density at radius 2 is 1.73 bits per heavy atom. The van der Waals surface area contributed by atoms with Crippen LogP contribution in [0.1, 0.15) is 35.8 Å². The Kier molecular flexibility index (Phi) is 6.07. The second-order valence-electron chi connectivity index (χ2n) is 6.94. The highest BCUT2D eigenvalue weighted by Gasteiger charge is 2.20. The molecular weight excluding hydrogens is 324 g/mol. The average molecular weight is 352 g/mol. The molecular formula is C22H28N2O2. The third kappa shape index (κ3) is 4.32. The molecule has 3 rings (SSSR count). The van der Waals surface area contributed by atoms with Crippen LogP contribution in [0.2, 0.25) is 0 Å². The van der Waals surface area contributed by atoms with Gasteiger partial charge in [-0.2, -0.15) is 0 Å². The molecule has 1 aliphatic heterocycles. The SMILES string of the molecule is CCOC(=O)c1cccc(-c2ccc(C(C)N3CCN(C)CC3)cc2)c1. The first-order valence-electron chi connectivity index (χ1n) is 9.38. The van der Waals surface area contributed by atoms with Crippen LogP contribution in [0.5, 0.6) is 0 Å². The van der Waals surface area contributed by atoms with Crippen molar-refractivity contribution >= 4 is 5.97 Å². The molecule has 0 saturated carbocycles. The summed E-state index contributed by atoms with van der Waals surface area (Å²) in [7, 11) is 2.18. The number of ether oxygens (including phenoxy) is 1. The zero-order valence-electron chi connectivity index (χ0n) is 15.9. The number of benzene rings is 2. The van der Waals surface area contributed by atoms with Gasteiger partial charge in [-0.3, -0.25) is 4.90 Å². The van der Waals surface area contributed by atoms with Crippen LogP contribution in [0.25, 0.3) is 11.1 Å². The zero-order chi connectivity index (χ0) is 18.5. The second kappa shape index (κ2) is 8.47. The third-order valence-corrected chi connectivity index (χ3v) is 5.19. The molecule has 0 aromatic heterocycles. The smallest absolute Gasteiger partial charge is 0.338 e. The predicted molar refractivity (Wildman–Crippen MR) is 105 cm³/mol. The minimum absolute atomic E-state index is 0.269. The van der Waals surface area contributed by atoms with Gasteiger partial charge in [0.2, 0.25) is 0 Å². The summed E-state index contributed by atoms with van der Waals surface area (Å²) in [4.78, 5) is 16.9. The van der Waals surface area contributed by atoms with Crippen LogP contribution < -0.4 is 0 Å². The van der Waals surface area contributed by atoms with E-state index in [0.717, 1.165) is 37.3 Å². The van der Waals surface area contributed by atoms with Gasteiger partial charge in [-0.1, -0.05) is 36.4 Å². The fourth-order valence-electron chi connectivity index (χ4n) is 3.41. The molecule has 0 aliphatic carbocycles. The maximum Gasteiger partial charge on any atom is 0.338 e. The molecule has 4 nitrogen and oxygen atoms in total. The van der Waals surface area contributed by atoms with E-state index in [-0.39, 0.29) is 5.97 Å². The molecule has 0 N–H and O–H groups in total. The van der Waals surface area contributed by atoms with Crippen molar-refractivity contribution in [3.8, 4) is 11.1 Å². The summed E-state index contributed by atoms with van der Waals surface area (Å²) < 4.78 is 5.10. The number of esters is 1. The van der Waals surface area contributed by atoms with Crippen molar-refractivity contribution in [2.45, 2.75) is 19.9 Å². The summed E-state index contributed by atoms with van der Waals surface area (Å²) in [5.41, 5.74) is 4.08. The Balaban J connectivity index is 1.73. The van der Waals surface area contributed by atoms with Crippen LogP contribution in [-0.4, -0.2) is 55.6 Å². The van der Waals surface area contributed by atoms with Gasteiger partial charge in [0.05, 0.1) is 12.2 Å². The Labute approximate surface area is 156 Å². The van der Waals surface area contributed by atoms with Crippen molar-refractivity contribution in [3.05, 3.63) is 59.7 Å². The van der Waals surface area contributed by atoms with E-state index in [1.807, 2.05) is 25.1 Å². The van der Waals surface area contributed by atoms with E-state index in [1.54, 1.807) is 6.07 Å². The van der Waals surface area contributed by atoms with E-state index in [0.29, 0.717) is 18.2 Å². The normalized spacial score (nSPS) is 17.0. The lowest BCUT2D eigenvalue weighted by atomic mass is 9.99. The molecule has 138 valence electrons. The Hall–Kier alpha value is -2.17. The van der Waals surface area contributed by atoms with Gasteiger partial charge in [0.15, 0.2) is 0 Å². The zero-order valence-corrected chi connectivity index (χ0v) is 15.9. The summed E-state index contributed by atoms with van der Waals surface area (Å²) in [6.45, 7) is 8.97. The fourth-order valence-corrected chi connectivity index (χ4v) is 3.41. The first-order chi connectivity index (χ1) is 12.6. The largest absolute Gasteiger partial charge is 0.462 e. The minimum atomic E-state index is -0.269. The second-order valence-corrected chi connectivity index (χ2v) is 6.94. The standard InChI is InChI=1S/C22H28N2O2/c1-4-26-22(25)21-7-5-6-20(16-21)19-10-8-18(9-11-19)17(2)24-14-12-23(3)13-15-24/h5-11,16-17H,4,12-15H2,1-3H3. The van der Waals surface area contributed by atoms with Gasteiger partial charge < -0.3 is 9.64 Å². The van der Waals surface area contributed by atoms with Crippen molar-refractivity contribution < 1.29 is 9.53 Å². The fraction of sp³-hybridized carbons (Fsp3) is 0.409. The molecule has 1 fully saturated rings. The van der Waals surface area contributed by atoms with Crippen LogP contribution in [-0.2, 0) is 4.74 Å². The van der Waals surface area contributed by atoms with Gasteiger partial charge in [-0.05, 0) is 49.7 Å². The van der Waals surface area contributed by atoms with Gasteiger partial charge in [0.25, 0.3) is 0 Å². The molecule has 1 heterocycles. The van der Waals surface area contributed by atoms with Gasteiger partial charge in [0, 0.05) is 32.2 Å². The number of likely N-dealkylation sites (N-methyl/N-ethyl adjacent to an activating group) is 1. The van der Waals surface area contributed by atoms with Gasteiger partial charge in [0.1, 0.15) is 0 Å². The molecule has 1 saturated heterocycles. The van der Waals surface area contributed by atoms with Crippen molar-refractivity contribution in [3.63, 3.8) is 0 Å². The Morgan fingerprint density at radius 3 is 2.38 bits per heavy atom. The Morgan fingerprint density at radius 1 is 1.04 bits per heavy atom. The first kappa shape index (κ1) is 18.6. The van der Waals surface area contributed by atoms with Crippen LogP contribution in [0.3, 0.4) is 0 Å². The van der Waals surface area contributed by atoms with Gasteiger partial charge in [-0.15, -0.1) is 0 Å². The topological polar surface area (TPSA) is 32.8 Å². The van der Waals surface area contributed by atoms with E-state index in [2.05, 4.69) is 48.0 Å². The van der Waals surface area contributed by atoms with Crippen LogP contribution >= 0.6 is 0 Å². The van der Waals surface area contributed by atoms with Crippen molar-refractivity contribution in [2.24, 2.45) is 0 Å². The molecule has 1 aliphatic rings. The number of rotatable bonds is 5. The van der Waals surface area contributed by atoms with Crippen LogP contribution in [0, 0.1) is 0 Å². The Bertz CT molecular complexity index is 734. The molecule has 1 unspecified atom stereocenters. The third-order valence-electron chi connectivity index (χ3n) is 5.19. The molecule has 0 amide bonds. The molecule has 26 heavy (non-hydrogen) atoms. The first-order valence-corrected chi connectivity index (χ1v) is 9.38. The van der Waals surface area contributed by atoms with Crippen LogP contribution in [0.15, 0.2) is 48.5 Å². The number of carbonyl (C=O) groups is 1. The number of nitrogens with zero attached hydrogens (tertiary/aromatic N) is 2. The highest BCUT2D eigenvalue weighted by atomic mass is 16.5. The summed E-state index contributed by atoms with van der Waals surface area (Å²) in [5, 5.41) is 0. The number of piperazine rings is 1. The predicted octanol–water partition coefficient (Wildman–Crippen LogP) is 3.84. The molecule has 2 aromatic carbocycles. The molecule has 0 radical (unpaired) electrons. The summed E-state index contributed by atoms with van der Waals surface area (Å²) >= 11 is 0. The molecule has 0 bridgehead atoms. The van der Waals surface area contributed by atoms with Gasteiger partial charge in [-0.25, -0.2) is 4.79 Å². The van der Waals surface area contributed by atoms with Gasteiger partial charge >= 0.3 is 5.97 Å². The number of hydrogen-bond acceptors (Lipinski definition) is 4. The minimum Gasteiger partial charge on any atom is -0.462 e. The lowest BCUT2D eigenvalue weighted by Crippen LogP contribution is -2.45. The maximum atomic E-state index is 11.9. The average Bonchev–Trinajstić information content (AvgIpc) is 2.68. The molecule has 4 heteroatoms. The quantitative estimate of drug-likeness (QED) is 0.766. The number of carbonyl (C=O) groups excluding carboxylic acids is 1. The highest BCUT2D eigenvalue weighted by molar-refractivity contribution is 5.91. The molecule has 0 spiro atoms. The van der Waals surface area contributed by atoms with E-state index in [9.17, 15) is 4.79 Å². The monoisotopic (exact) mass is 352 g/mol. The van der Waals surface area contributed by atoms with Crippen molar-refractivity contribution in [1.82, 2.24) is 9.80 Å².